The van der Waals surface area contributed by atoms with E-state index in [0.717, 1.165) is 38.2 Å². The number of rotatable bonds is 8. The average molecular weight is 460 g/mol. The van der Waals surface area contributed by atoms with Gasteiger partial charge in [-0.15, -0.1) is 0 Å². The Labute approximate surface area is 202 Å². The van der Waals surface area contributed by atoms with E-state index in [1.165, 1.54) is 11.1 Å². The van der Waals surface area contributed by atoms with Crippen molar-refractivity contribution in [2.45, 2.75) is 33.4 Å². The number of carbonyl (C=O) groups is 1. The summed E-state index contributed by atoms with van der Waals surface area (Å²) in [6.45, 7) is 9.17. The summed E-state index contributed by atoms with van der Waals surface area (Å²) in [4.78, 5) is 21.8. The maximum absolute atomic E-state index is 13.3. The molecule has 0 saturated carbocycles. The molecule has 178 valence electrons. The maximum atomic E-state index is 13.3. The van der Waals surface area contributed by atoms with Crippen LogP contribution in [0.15, 0.2) is 67.0 Å². The zero-order valence-electron chi connectivity index (χ0n) is 20.1. The lowest BCUT2D eigenvalue weighted by Gasteiger charge is -2.22. The maximum Gasteiger partial charge on any atom is 0.254 e. The van der Waals surface area contributed by atoms with E-state index in [1.807, 2.05) is 36.1 Å². The number of pyridine rings is 1. The molecule has 0 spiro atoms. The van der Waals surface area contributed by atoms with E-state index in [4.69, 9.17) is 9.47 Å². The first kappa shape index (κ1) is 23.8. The van der Waals surface area contributed by atoms with Crippen molar-refractivity contribution in [1.82, 2.24) is 14.8 Å². The van der Waals surface area contributed by atoms with Crippen molar-refractivity contribution in [2.24, 2.45) is 0 Å². The molecular formula is C28H33N3O3. The summed E-state index contributed by atoms with van der Waals surface area (Å²) in [6.07, 6.45) is 4.47. The molecule has 0 atom stereocenters. The number of hydrogen-bond donors (Lipinski definition) is 0. The third-order valence-corrected chi connectivity index (χ3v) is 6.01. The summed E-state index contributed by atoms with van der Waals surface area (Å²) in [5, 5.41) is 0. The highest BCUT2D eigenvalue weighted by molar-refractivity contribution is 5.95. The van der Waals surface area contributed by atoms with Crippen LogP contribution < -0.4 is 9.47 Å². The Bertz CT molecular complexity index is 1070. The largest absolute Gasteiger partial charge is 0.490 e. The Morgan fingerprint density at radius 1 is 0.941 bits per heavy atom. The summed E-state index contributed by atoms with van der Waals surface area (Å²) in [6, 6.07) is 18.0. The van der Waals surface area contributed by atoms with Crippen LogP contribution in [0.5, 0.6) is 11.5 Å². The number of aryl methyl sites for hydroxylation is 1. The lowest BCUT2D eigenvalue weighted by Crippen LogP contribution is -2.35. The standard InChI is InChI=1S/C28H33N3O3/c1-3-33-27-18-25(11-12-26(27)34-21-24-6-4-13-29-19-24)28(32)31-15-5-14-30(16-17-31)20-23-9-7-22(2)8-10-23/h4,6-13,18-19H,3,5,14-17,20-21H2,1-2H3. The van der Waals surface area contributed by atoms with E-state index in [2.05, 4.69) is 41.1 Å². The zero-order valence-corrected chi connectivity index (χ0v) is 20.1. The molecular weight excluding hydrogens is 426 g/mol. The first-order valence-corrected chi connectivity index (χ1v) is 12.0. The predicted molar refractivity (Wildman–Crippen MR) is 133 cm³/mol. The van der Waals surface area contributed by atoms with Gasteiger partial charge in [0.05, 0.1) is 6.61 Å². The minimum atomic E-state index is 0.0388. The van der Waals surface area contributed by atoms with Gasteiger partial charge in [0, 0.05) is 56.2 Å². The number of aromatic nitrogens is 1. The lowest BCUT2D eigenvalue weighted by molar-refractivity contribution is 0.0760. The first-order chi connectivity index (χ1) is 16.6. The Hall–Kier alpha value is -3.38. The fourth-order valence-corrected chi connectivity index (χ4v) is 4.14. The number of hydrogen-bond acceptors (Lipinski definition) is 5. The molecule has 34 heavy (non-hydrogen) atoms. The van der Waals surface area contributed by atoms with Crippen LogP contribution in [0.2, 0.25) is 0 Å². The first-order valence-electron chi connectivity index (χ1n) is 12.0. The minimum Gasteiger partial charge on any atom is -0.490 e. The van der Waals surface area contributed by atoms with Crippen LogP contribution in [0, 0.1) is 6.92 Å². The van der Waals surface area contributed by atoms with Crippen LogP contribution >= 0.6 is 0 Å². The molecule has 0 unspecified atom stereocenters. The summed E-state index contributed by atoms with van der Waals surface area (Å²) in [7, 11) is 0. The molecule has 1 aliphatic rings. The smallest absolute Gasteiger partial charge is 0.254 e. The van der Waals surface area contributed by atoms with Crippen LogP contribution in [0.1, 0.15) is 40.4 Å². The van der Waals surface area contributed by atoms with Gasteiger partial charge in [-0.05, 0) is 50.1 Å². The van der Waals surface area contributed by atoms with E-state index >= 15 is 0 Å². The van der Waals surface area contributed by atoms with Gasteiger partial charge in [-0.25, -0.2) is 0 Å². The summed E-state index contributed by atoms with van der Waals surface area (Å²) in [5.74, 6) is 1.26. The monoisotopic (exact) mass is 459 g/mol. The number of ether oxygens (including phenoxy) is 2. The van der Waals surface area contributed by atoms with E-state index in [9.17, 15) is 4.79 Å². The molecule has 3 aromatic rings. The van der Waals surface area contributed by atoms with Gasteiger partial charge in [0.1, 0.15) is 6.61 Å². The van der Waals surface area contributed by atoms with Crippen molar-refractivity contribution >= 4 is 5.91 Å². The molecule has 1 saturated heterocycles. The van der Waals surface area contributed by atoms with Crippen LogP contribution in [0.4, 0.5) is 0 Å². The normalized spacial score (nSPS) is 14.5. The van der Waals surface area contributed by atoms with Gasteiger partial charge < -0.3 is 14.4 Å². The van der Waals surface area contributed by atoms with Crippen molar-refractivity contribution in [1.29, 1.82) is 0 Å². The fraction of sp³-hybridized carbons (Fsp3) is 0.357. The molecule has 0 N–H and O–H groups in total. The molecule has 6 nitrogen and oxygen atoms in total. The van der Waals surface area contributed by atoms with E-state index < -0.39 is 0 Å². The molecule has 1 amide bonds. The van der Waals surface area contributed by atoms with Crippen LogP contribution in [-0.4, -0.2) is 53.5 Å². The second kappa shape index (κ2) is 11.7. The van der Waals surface area contributed by atoms with E-state index in [1.54, 1.807) is 18.5 Å². The molecule has 2 heterocycles. The molecule has 0 aliphatic carbocycles. The van der Waals surface area contributed by atoms with E-state index in [-0.39, 0.29) is 5.91 Å². The number of carbonyl (C=O) groups excluding carboxylic acids is 1. The number of benzene rings is 2. The van der Waals surface area contributed by atoms with Crippen molar-refractivity contribution in [3.05, 3.63) is 89.2 Å². The van der Waals surface area contributed by atoms with Crippen molar-refractivity contribution in [2.75, 3.05) is 32.8 Å². The molecule has 0 bridgehead atoms. The summed E-state index contributed by atoms with van der Waals surface area (Å²) < 4.78 is 11.8. The quantitative estimate of drug-likeness (QED) is 0.488. The molecule has 1 aromatic heterocycles. The molecule has 1 fully saturated rings. The molecule has 6 heteroatoms. The average Bonchev–Trinajstić information content (AvgIpc) is 3.10. The third kappa shape index (κ3) is 6.35. The van der Waals surface area contributed by atoms with Gasteiger partial charge in [0.2, 0.25) is 0 Å². The van der Waals surface area contributed by atoms with Crippen molar-refractivity contribution in [3.63, 3.8) is 0 Å². The Morgan fingerprint density at radius 3 is 2.56 bits per heavy atom. The Balaban J connectivity index is 1.39. The Morgan fingerprint density at radius 2 is 1.79 bits per heavy atom. The SMILES string of the molecule is CCOc1cc(C(=O)N2CCCN(Cc3ccc(C)cc3)CC2)ccc1OCc1cccnc1. The van der Waals surface area contributed by atoms with Gasteiger partial charge in [-0.1, -0.05) is 35.9 Å². The highest BCUT2D eigenvalue weighted by Crippen LogP contribution is 2.30. The predicted octanol–water partition coefficient (Wildman–Crippen LogP) is 4.72. The van der Waals surface area contributed by atoms with Gasteiger partial charge in [-0.3, -0.25) is 14.7 Å². The second-order valence-corrected chi connectivity index (χ2v) is 8.65. The topological polar surface area (TPSA) is 54.9 Å². The number of amides is 1. The molecule has 0 radical (unpaired) electrons. The summed E-state index contributed by atoms with van der Waals surface area (Å²) in [5.41, 5.74) is 4.19. The minimum absolute atomic E-state index is 0.0388. The van der Waals surface area contributed by atoms with Crippen LogP contribution in [0.25, 0.3) is 0 Å². The Kier molecular flexibility index (Phi) is 8.15. The highest BCUT2D eigenvalue weighted by atomic mass is 16.5. The summed E-state index contributed by atoms with van der Waals surface area (Å²) >= 11 is 0. The third-order valence-electron chi connectivity index (χ3n) is 6.01. The van der Waals surface area contributed by atoms with Crippen LogP contribution in [0.3, 0.4) is 0 Å². The number of nitrogens with zero attached hydrogens (tertiary/aromatic N) is 3. The molecule has 1 aliphatic heterocycles. The highest BCUT2D eigenvalue weighted by Gasteiger charge is 2.22. The lowest BCUT2D eigenvalue weighted by atomic mass is 10.1. The van der Waals surface area contributed by atoms with Gasteiger partial charge in [-0.2, -0.15) is 0 Å². The van der Waals surface area contributed by atoms with Crippen molar-refractivity contribution < 1.29 is 14.3 Å². The van der Waals surface area contributed by atoms with Gasteiger partial charge in [0.25, 0.3) is 5.91 Å². The zero-order chi connectivity index (χ0) is 23.8. The van der Waals surface area contributed by atoms with E-state index in [0.29, 0.717) is 36.8 Å². The molecule has 2 aromatic carbocycles. The molecule has 4 rings (SSSR count). The van der Waals surface area contributed by atoms with Crippen LogP contribution in [-0.2, 0) is 13.2 Å². The van der Waals surface area contributed by atoms with Crippen molar-refractivity contribution in [3.8, 4) is 11.5 Å². The van der Waals surface area contributed by atoms with Gasteiger partial charge in [0.15, 0.2) is 11.5 Å². The van der Waals surface area contributed by atoms with Gasteiger partial charge >= 0.3 is 0 Å². The second-order valence-electron chi connectivity index (χ2n) is 8.65. The fourth-order valence-electron chi connectivity index (χ4n) is 4.14.